The first kappa shape index (κ1) is 19.8. The Kier molecular flexibility index (Phi) is 6.89. The molecule has 0 N–H and O–H groups in total. The number of nitrogens with zero attached hydrogens (tertiary/aromatic N) is 1. The van der Waals surface area contributed by atoms with Crippen LogP contribution in [0.1, 0.15) is 19.8 Å². The summed E-state index contributed by atoms with van der Waals surface area (Å²) in [6.07, 6.45) is -0.278. The molecule has 0 saturated carbocycles. The zero-order chi connectivity index (χ0) is 18.4. The maximum absolute atomic E-state index is 12.3. The Labute approximate surface area is 152 Å². The van der Waals surface area contributed by atoms with Crippen LogP contribution in [0.5, 0.6) is 0 Å². The fraction of sp³-hybridized carbons (Fsp3) is 0.529. The van der Waals surface area contributed by atoms with Crippen molar-refractivity contribution < 1.29 is 22.7 Å². The first-order chi connectivity index (χ1) is 11.8. The van der Waals surface area contributed by atoms with Gasteiger partial charge in [-0.05, 0) is 25.5 Å². The maximum Gasteiger partial charge on any atom is 0.307 e. The molecule has 1 amide bonds. The van der Waals surface area contributed by atoms with Crippen molar-refractivity contribution in [3.8, 4) is 0 Å². The zero-order valence-corrected chi connectivity index (χ0v) is 16.0. The number of esters is 1. The number of carbonyl (C=O) groups excluding carboxylic acids is 2. The van der Waals surface area contributed by atoms with Crippen LogP contribution in [0.4, 0.5) is 0 Å². The van der Waals surface area contributed by atoms with Crippen LogP contribution in [0, 0.1) is 0 Å². The SMILES string of the molecule is CC(OC(=O)CCSc1ccccc1)C(=O)N(C)C1CCS(=O)(=O)C1. The Morgan fingerprint density at radius 2 is 2.00 bits per heavy atom. The van der Waals surface area contributed by atoms with Gasteiger partial charge >= 0.3 is 5.97 Å². The van der Waals surface area contributed by atoms with E-state index in [0.29, 0.717) is 12.2 Å². The minimum atomic E-state index is -3.07. The lowest BCUT2D eigenvalue weighted by atomic mass is 10.2. The summed E-state index contributed by atoms with van der Waals surface area (Å²) in [4.78, 5) is 26.7. The lowest BCUT2D eigenvalue weighted by Gasteiger charge is -2.26. The Bertz CT molecular complexity index is 705. The van der Waals surface area contributed by atoms with Gasteiger partial charge in [0.15, 0.2) is 15.9 Å². The predicted octanol–water partition coefficient (Wildman–Crippen LogP) is 1.75. The van der Waals surface area contributed by atoms with Gasteiger partial charge in [-0.2, -0.15) is 0 Å². The number of hydrogen-bond donors (Lipinski definition) is 0. The van der Waals surface area contributed by atoms with E-state index >= 15 is 0 Å². The minimum Gasteiger partial charge on any atom is -0.453 e. The van der Waals surface area contributed by atoms with E-state index in [-0.39, 0.29) is 29.9 Å². The van der Waals surface area contributed by atoms with Crippen LogP contribution in [-0.2, 0) is 24.2 Å². The van der Waals surface area contributed by atoms with E-state index in [1.165, 1.54) is 11.8 Å². The molecule has 1 aliphatic heterocycles. The molecule has 1 saturated heterocycles. The van der Waals surface area contributed by atoms with Crippen LogP contribution in [0.3, 0.4) is 0 Å². The first-order valence-corrected chi connectivity index (χ1v) is 10.9. The highest BCUT2D eigenvalue weighted by molar-refractivity contribution is 7.99. The molecule has 0 aliphatic carbocycles. The normalized spacial score (nSPS) is 20.0. The number of likely N-dealkylation sites (N-methyl/N-ethyl adjacent to an activating group) is 1. The molecule has 2 rings (SSSR count). The van der Waals surface area contributed by atoms with E-state index in [0.717, 1.165) is 4.90 Å². The molecule has 1 aromatic carbocycles. The molecule has 0 bridgehead atoms. The molecule has 2 unspecified atom stereocenters. The molecule has 1 aliphatic rings. The second kappa shape index (κ2) is 8.71. The highest BCUT2D eigenvalue weighted by atomic mass is 32.2. The van der Waals surface area contributed by atoms with E-state index in [1.807, 2.05) is 30.3 Å². The average Bonchev–Trinajstić information content (AvgIpc) is 2.94. The third-order valence-corrected chi connectivity index (χ3v) is 6.84. The molecule has 6 nitrogen and oxygen atoms in total. The first-order valence-electron chi connectivity index (χ1n) is 8.13. The molecule has 138 valence electrons. The molecule has 1 fully saturated rings. The highest BCUT2D eigenvalue weighted by Crippen LogP contribution is 2.19. The van der Waals surface area contributed by atoms with Crippen molar-refractivity contribution in [1.82, 2.24) is 4.90 Å². The van der Waals surface area contributed by atoms with Gasteiger partial charge in [-0.1, -0.05) is 18.2 Å². The van der Waals surface area contributed by atoms with Crippen LogP contribution < -0.4 is 0 Å². The summed E-state index contributed by atoms with van der Waals surface area (Å²) in [6, 6.07) is 9.38. The quantitative estimate of drug-likeness (QED) is 0.525. The molecular formula is C17H23NO5S2. The molecule has 25 heavy (non-hydrogen) atoms. The fourth-order valence-corrected chi connectivity index (χ4v) is 5.25. The third kappa shape index (κ3) is 6.04. The summed E-state index contributed by atoms with van der Waals surface area (Å²) < 4.78 is 28.2. The van der Waals surface area contributed by atoms with Crippen LogP contribution in [-0.4, -0.2) is 61.6 Å². The Morgan fingerprint density at radius 1 is 1.32 bits per heavy atom. The number of rotatable bonds is 7. The van der Waals surface area contributed by atoms with Gasteiger partial charge < -0.3 is 9.64 Å². The van der Waals surface area contributed by atoms with Gasteiger partial charge in [0.2, 0.25) is 0 Å². The Hall–Kier alpha value is -1.54. The van der Waals surface area contributed by atoms with E-state index in [4.69, 9.17) is 4.74 Å². The van der Waals surface area contributed by atoms with Crippen molar-refractivity contribution in [2.75, 3.05) is 24.3 Å². The molecule has 0 spiro atoms. The van der Waals surface area contributed by atoms with Gasteiger partial charge in [0.25, 0.3) is 5.91 Å². The molecular weight excluding hydrogens is 362 g/mol. The van der Waals surface area contributed by atoms with Gasteiger partial charge in [0.1, 0.15) is 0 Å². The Balaban J connectivity index is 1.75. The summed E-state index contributed by atoms with van der Waals surface area (Å²) in [5.41, 5.74) is 0. The second-order valence-corrected chi connectivity index (χ2v) is 9.45. The molecule has 8 heteroatoms. The number of hydrogen-bond acceptors (Lipinski definition) is 6. The smallest absolute Gasteiger partial charge is 0.307 e. The van der Waals surface area contributed by atoms with Gasteiger partial charge in [-0.3, -0.25) is 9.59 Å². The van der Waals surface area contributed by atoms with Gasteiger partial charge in [0.05, 0.1) is 17.9 Å². The number of ether oxygens (including phenoxy) is 1. The topological polar surface area (TPSA) is 80.8 Å². The summed E-state index contributed by atoms with van der Waals surface area (Å²) in [5, 5.41) is 0. The highest BCUT2D eigenvalue weighted by Gasteiger charge is 2.34. The van der Waals surface area contributed by atoms with Crippen molar-refractivity contribution in [2.24, 2.45) is 0 Å². The number of amides is 1. The number of carbonyl (C=O) groups is 2. The van der Waals surface area contributed by atoms with Gasteiger partial charge in [-0.25, -0.2) is 8.42 Å². The van der Waals surface area contributed by atoms with Crippen molar-refractivity contribution in [3.05, 3.63) is 30.3 Å². The molecule has 0 radical (unpaired) electrons. The predicted molar refractivity (Wildman–Crippen MR) is 97.2 cm³/mol. The molecule has 1 heterocycles. The largest absolute Gasteiger partial charge is 0.453 e. The molecule has 0 aromatic heterocycles. The lowest BCUT2D eigenvalue weighted by molar-refractivity contribution is -0.158. The van der Waals surface area contributed by atoms with Crippen LogP contribution >= 0.6 is 11.8 Å². The van der Waals surface area contributed by atoms with E-state index < -0.39 is 21.9 Å². The summed E-state index contributed by atoms with van der Waals surface area (Å²) >= 11 is 1.55. The van der Waals surface area contributed by atoms with Crippen molar-refractivity contribution in [2.45, 2.75) is 36.8 Å². The van der Waals surface area contributed by atoms with Crippen LogP contribution in [0.2, 0.25) is 0 Å². The number of sulfone groups is 1. The van der Waals surface area contributed by atoms with Gasteiger partial charge in [-0.15, -0.1) is 11.8 Å². The lowest BCUT2D eigenvalue weighted by Crippen LogP contribution is -2.44. The summed E-state index contributed by atoms with van der Waals surface area (Å²) in [5.74, 6) is -0.160. The van der Waals surface area contributed by atoms with Crippen molar-refractivity contribution in [3.63, 3.8) is 0 Å². The molecule has 2 atom stereocenters. The average molecular weight is 386 g/mol. The van der Waals surface area contributed by atoms with Crippen LogP contribution in [0.15, 0.2) is 35.2 Å². The Morgan fingerprint density at radius 3 is 2.60 bits per heavy atom. The number of benzene rings is 1. The standard InChI is InChI=1S/C17H23NO5S2/c1-13(17(20)18(2)14-9-11-25(21,22)12-14)23-16(19)8-10-24-15-6-4-3-5-7-15/h3-7,13-14H,8-12H2,1-2H3. The zero-order valence-electron chi connectivity index (χ0n) is 14.4. The minimum absolute atomic E-state index is 0.0242. The fourth-order valence-electron chi connectivity index (χ4n) is 2.62. The van der Waals surface area contributed by atoms with Crippen molar-refractivity contribution >= 4 is 33.5 Å². The maximum atomic E-state index is 12.3. The van der Waals surface area contributed by atoms with E-state index in [9.17, 15) is 18.0 Å². The number of thioether (sulfide) groups is 1. The monoisotopic (exact) mass is 385 g/mol. The molecule has 1 aromatic rings. The van der Waals surface area contributed by atoms with Crippen LogP contribution in [0.25, 0.3) is 0 Å². The second-order valence-electron chi connectivity index (χ2n) is 6.05. The van der Waals surface area contributed by atoms with E-state index in [1.54, 1.807) is 18.8 Å². The summed E-state index contributed by atoms with van der Waals surface area (Å²) in [7, 11) is -1.51. The van der Waals surface area contributed by atoms with Gasteiger partial charge in [0, 0.05) is 23.7 Å². The van der Waals surface area contributed by atoms with Crippen molar-refractivity contribution in [1.29, 1.82) is 0 Å². The summed E-state index contributed by atoms with van der Waals surface area (Å²) in [6.45, 7) is 1.52. The third-order valence-electron chi connectivity index (χ3n) is 4.08. The van der Waals surface area contributed by atoms with E-state index in [2.05, 4.69) is 0 Å².